The molecule has 6 nitrogen and oxygen atoms in total. The molecule has 4 aromatic rings. The number of aromatic amines is 2. The van der Waals surface area contributed by atoms with Gasteiger partial charge in [0.15, 0.2) is 0 Å². The Balaban J connectivity index is 1.58. The van der Waals surface area contributed by atoms with Crippen LogP contribution in [0.15, 0.2) is 73.1 Å². The first-order valence-electron chi connectivity index (χ1n) is 9.73. The fraction of sp³-hybridized carbons (Fsp3) is 0.130. The highest BCUT2D eigenvalue weighted by Crippen LogP contribution is 2.35. The molecule has 2 aromatic carbocycles. The van der Waals surface area contributed by atoms with Crippen molar-refractivity contribution in [2.45, 2.75) is 12.2 Å². The average molecular weight is 440 g/mol. The first kappa shape index (κ1) is 21.4. The third kappa shape index (κ3) is 4.42. The van der Waals surface area contributed by atoms with Crippen LogP contribution in [0, 0.1) is 0 Å². The molecule has 4 N–H and O–H groups in total. The minimum atomic E-state index is -4.46. The van der Waals surface area contributed by atoms with Crippen molar-refractivity contribution in [3.63, 3.8) is 0 Å². The van der Waals surface area contributed by atoms with E-state index in [4.69, 9.17) is 0 Å². The maximum absolute atomic E-state index is 13.1. The number of nitrogens with zero attached hydrogens (tertiary/aromatic N) is 1. The van der Waals surface area contributed by atoms with Crippen LogP contribution >= 0.6 is 0 Å². The Morgan fingerprint density at radius 2 is 1.84 bits per heavy atom. The molecule has 0 spiro atoms. The van der Waals surface area contributed by atoms with Crippen molar-refractivity contribution < 1.29 is 23.1 Å². The summed E-state index contributed by atoms with van der Waals surface area (Å²) in [5, 5.41) is 19.2. The number of aliphatic hydroxyl groups excluding tert-OH is 1. The van der Waals surface area contributed by atoms with Crippen LogP contribution in [0.3, 0.4) is 0 Å². The van der Waals surface area contributed by atoms with Gasteiger partial charge in [0.05, 0.1) is 30.1 Å². The minimum absolute atomic E-state index is 0.235. The Labute approximate surface area is 181 Å². The van der Waals surface area contributed by atoms with E-state index in [0.717, 1.165) is 17.7 Å². The minimum Gasteiger partial charge on any atom is -0.394 e. The summed E-state index contributed by atoms with van der Waals surface area (Å²) in [4.78, 5) is 15.5. The van der Waals surface area contributed by atoms with Gasteiger partial charge in [0.2, 0.25) is 0 Å². The maximum Gasteiger partial charge on any atom is 0.416 e. The van der Waals surface area contributed by atoms with Crippen molar-refractivity contribution in [1.82, 2.24) is 20.5 Å². The second-order valence-corrected chi connectivity index (χ2v) is 7.16. The molecule has 0 radical (unpaired) electrons. The first-order chi connectivity index (χ1) is 15.4. The lowest BCUT2D eigenvalue weighted by Gasteiger charge is -2.16. The molecule has 2 heterocycles. The van der Waals surface area contributed by atoms with Gasteiger partial charge >= 0.3 is 6.18 Å². The van der Waals surface area contributed by atoms with Crippen molar-refractivity contribution in [1.29, 1.82) is 0 Å². The van der Waals surface area contributed by atoms with Crippen molar-refractivity contribution in [2.24, 2.45) is 0 Å². The Morgan fingerprint density at radius 3 is 2.56 bits per heavy atom. The fourth-order valence-corrected chi connectivity index (χ4v) is 3.41. The summed E-state index contributed by atoms with van der Waals surface area (Å²) in [6.07, 6.45) is -1.45. The molecule has 32 heavy (non-hydrogen) atoms. The average Bonchev–Trinajstić information content (AvgIpc) is 3.47. The Hall–Kier alpha value is -3.85. The normalized spacial score (nSPS) is 12.5. The van der Waals surface area contributed by atoms with E-state index in [-0.39, 0.29) is 12.3 Å². The molecule has 0 aliphatic rings. The number of aromatic nitrogens is 3. The Morgan fingerprint density at radius 1 is 1.06 bits per heavy atom. The largest absolute Gasteiger partial charge is 0.416 e. The van der Waals surface area contributed by atoms with E-state index in [2.05, 4.69) is 20.5 Å². The van der Waals surface area contributed by atoms with Crippen LogP contribution in [0.4, 0.5) is 13.2 Å². The number of hydrogen-bond acceptors (Lipinski definition) is 3. The smallest absolute Gasteiger partial charge is 0.394 e. The van der Waals surface area contributed by atoms with E-state index >= 15 is 0 Å². The number of H-pyrrole nitrogens is 2. The van der Waals surface area contributed by atoms with Crippen LogP contribution in [0.2, 0.25) is 0 Å². The zero-order chi connectivity index (χ0) is 22.7. The molecular weight excluding hydrogens is 421 g/mol. The van der Waals surface area contributed by atoms with E-state index in [1.165, 1.54) is 12.3 Å². The molecule has 1 atom stereocenters. The van der Waals surface area contributed by atoms with Gasteiger partial charge in [0.1, 0.15) is 5.69 Å². The van der Waals surface area contributed by atoms with Gasteiger partial charge in [-0.15, -0.1) is 0 Å². The van der Waals surface area contributed by atoms with Gasteiger partial charge < -0.3 is 15.4 Å². The highest BCUT2D eigenvalue weighted by Gasteiger charge is 2.30. The lowest BCUT2D eigenvalue weighted by Crippen LogP contribution is -2.30. The zero-order valence-electron chi connectivity index (χ0n) is 16.6. The van der Waals surface area contributed by atoms with Crippen LogP contribution < -0.4 is 5.32 Å². The monoisotopic (exact) mass is 440 g/mol. The number of halogens is 3. The van der Waals surface area contributed by atoms with E-state index < -0.39 is 23.7 Å². The fourth-order valence-electron chi connectivity index (χ4n) is 3.41. The van der Waals surface area contributed by atoms with Gasteiger partial charge in [0, 0.05) is 17.3 Å². The summed E-state index contributed by atoms with van der Waals surface area (Å²) < 4.78 is 39.3. The van der Waals surface area contributed by atoms with Gasteiger partial charge in [0.25, 0.3) is 5.91 Å². The predicted octanol–water partition coefficient (Wildman–Crippen LogP) is 4.55. The Kier molecular flexibility index (Phi) is 5.83. The summed E-state index contributed by atoms with van der Waals surface area (Å²) >= 11 is 0. The molecule has 0 bridgehead atoms. The molecule has 1 amide bonds. The number of aliphatic hydroxyl groups is 1. The summed E-state index contributed by atoms with van der Waals surface area (Å²) in [5.41, 5.74) is 2.09. The molecule has 9 heteroatoms. The number of amides is 1. The number of carbonyl (C=O) groups is 1. The summed E-state index contributed by atoms with van der Waals surface area (Å²) in [5.74, 6) is -0.431. The number of hydrogen-bond donors (Lipinski definition) is 4. The number of alkyl halides is 3. The molecule has 2 aromatic heterocycles. The van der Waals surface area contributed by atoms with Crippen LogP contribution in [-0.2, 0) is 6.18 Å². The second-order valence-electron chi connectivity index (χ2n) is 7.16. The lowest BCUT2D eigenvalue weighted by atomic mass is 10.0. The van der Waals surface area contributed by atoms with Gasteiger partial charge in [-0.05, 0) is 29.3 Å². The quantitative estimate of drug-likeness (QED) is 0.354. The topological polar surface area (TPSA) is 93.8 Å². The van der Waals surface area contributed by atoms with Gasteiger partial charge in [-0.2, -0.15) is 18.3 Å². The summed E-state index contributed by atoms with van der Waals surface area (Å²) in [7, 11) is 0. The number of rotatable bonds is 6. The third-order valence-electron chi connectivity index (χ3n) is 5.05. The number of benzene rings is 2. The third-order valence-corrected chi connectivity index (χ3v) is 5.05. The van der Waals surface area contributed by atoms with Crippen molar-refractivity contribution in [3.05, 3.63) is 89.9 Å². The molecule has 0 fully saturated rings. The van der Waals surface area contributed by atoms with Crippen LogP contribution in [0.5, 0.6) is 0 Å². The molecule has 0 saturated carbocycles. The van der Waals surface area contributed by atoms with E-state index in [1.54, 1.807) is 30.5 Å². The molecule has 0 aliphatic carbocycles. The predicted molar refractivity (Wildman–Crippen MR) is 113 cm³/mol. The van der Waals surface area contributed by atoms with Crippen molar-refractivity contribution in [3.8, 4) is 22.4 Å². The van der Waals surface area contributed by atoms with Crippen LogP contribution in [0.1, 0.15) is 27.7 Å². The van der Waals surface area contributed by atoms with Crippen molar-refractivity contribution in [2.75, 3.05) is 6.61 Å². The van der Waals surface area contributed by atoms with Crippen LogP contribution in [-0.4, -0.2) is 32.8 Å². The van der Waals surface area contributed by atoms with Crippen molar-refractivity contribution >= 4 is 5.91 Å². The molecule has 0 saturated heterocycles. The SMILES string of the molecule is O=C(N[C@H](CO)c1ccccc1)c1cc(-c2[nH]ncc2-c2cccc(C(F)(F)F)c2)c[nH]1. The van der Waals surface area contributed by atoms with E-state index in [9.17, 15) is 23.1 Å². The Bertz CT molecular complexity index is 1220. The van der Waals surface area contributed by atoms with E-state index in [0.29, 0.717) is 22.4 Å². The molecule has 164 valence electrons. The highest BCUT2D eigenvalue weighted by molar-refractivity contribution is 5.95. The zero-order valence-corrected chi connectivity index (χ0v) is 16.6. The van der Waals surface area contributed by atoms with Gasteiger partial charge in [-0.1, -0.05) is 42.5 Å². The standard InChI is InChI=1S/C23H19F3N4O2/c24-23(25,26)17-8-4-7-15(9-17)18-12-28-30-21(18)16-10-19(27-11-16)22(32)29-20(13-31)14-5-2-1-3-6-14/h1-12,20,27,31H,13H2,(H,28,30)(H,29,32)/t20-/m1/s1. The molecule has 0 aliphatic heterocycles. The highest BCUT2D eigenvalue weighted by atomic mass is 19.4. The van der Waals surface area contributed by atoms with Gasteiger partial charge in [-0.3, -0.25) is 9.89 Å². The summed E-state index contributed by atoms with van der Waals surface area (Å²) in [6.45, 7) is -0.274. The van der Waals surface area contributed by atoms with E-state index in [1.807, 2.05) is 18.2 Å². The molecule has 4 rings (SSSR count). The maximum atomic E-state index is 13.1. The van der Waals surface area contributed by atoms with Crippen LogP contribution in [0.25, 0.3) is 22.4 Å². The lowest BCUT2D eigenvalue weighted by molar-refractivity contribution is -0.137. The first-order valence-corrected chi connectivity index (χ1v) is 9.73. The van der Waals surface area contributed by atoms with Gasteiger partial charge in [-0.25, -0.2) is 0 Å². The second kappa shape index (κ2) is 8.72. The molecular formula is C23H19F3N4O2. The number of nitrogens with one attached hydrogen (secondary N) is 3. The number of carbonyl (C=O) groups excluding carboxylic acids is 1. The summed E-state index contributed by atoms with van der Waals surface area (Å²) in [6, 6.07) is 15.0. The molecule has 0 unspecified atom stereocenters.